The van der Waals surface area contributed by atoms with E-state index in [9.17, 15) is 0 Å². The fraction of sp³-hybridized carbons (Fsp3) is 0.778. The highest BCUT2D eigenvalue weighted by Gasteiger charge is 2.33. The maximum absolute atomic E-state index is 6.14. The van der Waals surface area contributed by atoms with E-state index in [4.69, 9.17) is 5.73 Å². The average Bonchev–Trinajstić information content (AvgIpc) is 2.56. The molecule has 2 aliphatic carbocycles. The topological polar surface area (TPSA) is 26.0 Å². The summed E-state index contributed by atoms with van der Waals surface area (Å²) in [7, 11) is 0. The number of hydrogen-bond donors (Lipinski definition) is 1. The second-order valence-electron chi connectivity index (χ2n) is 3.89. The number of hydrogen-bond acceptors (Lipinski definition) is 1. The third kappa shape index (κ3) is 1.24. The summed E-state index contributed by atoms with van der Waals surface area (Å²) in [6.07, 6.45) is 10.8. The first-order chi connectivity index (χ1) is 4.79. The molecule has 2 aliphatic rings. The van der Waals surface area contributed by atoms with Gasteiger partial charge in [0.05, 0.1) is 0 Å². The summed E-state index contributed by atoms with van der Waals surface area (Å²) >= 11 is 0. The standard InChI is InChI=1S/C9H15N/c10-9(5-1-2-6-9)7-8-3-4-8/h1-2,8H,3-7,10H2. The SMILES string of the molecule is NC1(CC2CC2)CC=CC1. The molecule has 1 heteroatoms. The molecule has 0 radical (unpaired) electrons. The molecule has 0 aromatic heterocycles. The van der Waals surface area contributed by atoms with Crippen molar-refractivity contribution in [2.24, 2.45) is 11.7 Å². The van der Waals surface area contributed by atoms with Crippen molar-refractivity contribution in [1.29, 1.82) is 0 Å². The smallest absolute Gasteiger partial charge is 0.0226 e. The summed E-state index contributed by atoms with van der Waals surface area (Å²) in [6, 6.07) is 0. The maximum atomic E-state index is 6.14. The van der Waals surface area contributed by atoms with Crippen LogP contribution < -0.4 is 5.73 Å². The van der Waals surface area contributed by atoms with Crippen molar-refractivity contribution < 1.29 is 0 Å². The van der Waals surface area contributed by atoms with E-state index in [0.717, 1.165) is 18.8 Å². The van der Waals surface area contributed by atoms with E-state index in [1.807, 2.05) is 0 Å². The van der Waals surface area contributed by atoms with E-state index in [-0.39, 0.29) is 5.54 Å². The van der Waals surface area contributed by atoms with Crippen molar-refractivity contribution in [2.45, 2.75) is 37.6 Å². The van der Waals surface area contributed by atoms with Gasteiger partial charge in [-0.3, -0.25) is 0 Å². The fourth-order valence-electron chi connectivity index (χ4n) is 1.78. The summed E-state index contributed by atoms with van der Waals surface area (Å²) in [4.78, 5) is 0. The highest BCUT2D eigenvalue weighted by molar-refractivity contribution is 5.08. The van der Waals surface area contributed by atoms with Crippen LogP contribution >= 0.6 is 0 Å². The van der Waals surface area contributed by atoms with Gasteiger partial charge in [-0.25, -0.2) is 0 Å². The molecule has 0 unspecified atom stereocenters. The van der Waals surface area contributed by atoms with Gasteiger partial charge in [-0.15, -0.1) is 0 Å². The lowest BCUT2D eigenvalue weighted by atomic mass is 9.91. The zero-order valence-electron chi connectivity index (χ0n) is 6.34. The van der Waals surface area contributed by atoms with Crippen molar-refractivity contribution >= 4 is 0 Å². The van der Waals surface area contributed by atoms with Gasteiger partial charge in [-0.05, 0) is 25.2 Å². The average molecular weight is 137 g/mol. The van der Waals surface area contributed by atoms with Crippen molar-refractivity contribution in [1.82, 2.24) is 0 Å². The molecule has 0 aliphatic heterocycles. The van der Waals surface area contributed by atoms with Gasteiger partial charge < -0.3 is 5.73 Å². The Morgan fingerprint density at radius 2 is 1.90 bits per heavy atom. The third-order valence-corrected chi connectivity index (χ3v) is 2.61. The Labute approximate surface area is 62.3 Å². The van der Waals surface area contributed by atoms with E-state index in [2.05, 4.69) is 12.2 Å². The largest absolute Gasteiger partial charge is 0.325 e. The summed E-state index contributed by atoms with van der Waals surface area (Å²) in [5, 5.41) is 0. The maximum Gasteiger partial charge on any atom is 0.0226 e. The van der Waals surface area contributed by atoms with Crippen LogP contribution in [0, 0.1) is 5.92 Å². The van der Waals surface area contributed by atoms with E-state index in [0.29, 0.717) is 0 Å². The van der Waals surface area contributed by atoms with Crippen LogP contribution in [0.1, 0.15) is 32.1 Å². The lowest BCUT2D eigenvalue weighted by Gasteiger charge is -2.22. The van der Waals surface area contributed by atoms with Crippen LogP contribution in [-0.2, 0) is 0 Å². The van der Waals surface area contributed by atoms with Gasteiger partial charge in [0.1, 0.15) is 0 Å². The van der Waals surface area contributed by atoms with E-state index in [1.54, 1.807) is 0 Å². The van der Waals surface area contributed by atoms with Crippen molar-refractivity contribution in [3.63, 3.8) is 0 Å². The van der Waals surface area contributed by atoms with Crippen molar-refractivity contribution in [3.8, 4) is 0 Å². The molecule has 0 heterocycles. The first kappa shape index (κ1) is 6.41. The monoisotopic (exact) mass is 137 g/mol. The zero-order valence-corrected chi connectivity index (χ0v) is 6.34. The minimum atomic E-state index is 0.168. The quantitative estimate of drug-likeness (QED) is 0.577. The first-order valence-corrected chi connectivity index (χ1v) is 4.22. The molecule has 0 amide bonds. The minimum Gasteiger partial charge on any atom is -0.325 e. The molecule has 0 aromatic carbocycles. The van der Waals surface area contributed by atoms with Crippen LogP contribution in [0.2, 0.25) is 0 Å². The highest BCUT2D eigenvalue weighted by atomic mass is 14.7. The summed E-state index contributed by atoms with van der Waals surface area (Å²) in [5.74, 6) is 0.977. The van der Waals surface area contributed by atoms with Crippen LogP contribution in [0.3, 0.4) is 0 Å². The predicted octanol–water partition coefficient (Wildman–Crippen LogP) is 1.83. The molecule has 1 saturated carbocycles. The highest BCUT2D eigenvalue weighted by Crippen LogP contribution is 2.39. The molecule has 10 heavy (non-hydrogen) atoms. The molecule has 0 saturated heterocycles. The second-order valence-corrected chi connectivity index (χ2v) is 3.89. The molecule has 0 aromatic rings. The van der Waals surface area contributed by atoms with Crippen LogP contribution in [0.4, 0.5) is 0 Å². The lowest BCUT2D eigenvalue weighted by molar-refractivity contribution is 0.396. The number of nitrogens with two attached hydrogens (primary N) is 1. The minimum absolute atomic E-state index is 0.168. The Hall–Kier alpha value is -0.300. The molecule has 2 rings (SSSR count). The normalized spacial score (nSPS) is 29.3. The van der Waals surface area contributed by atoms with Crippen molar-refractivity contribution in [2.75, 3.05) is 0 Å². The van der Waals surface area contributed by atoms with E-state index >= 15 is 0 Å². The molecular weight excluding hydrogens is 122 g/mol. The van der Waals surface area contributed by atoms with Gasteiger partial charge in [0.15, 0.2) is 0 Å². The van der Waals surface area contributed by atoms with Crippen molar-refractivity contribution in [3.05, 3.63) is 12.2 Å². The zero-order chi connectivity index (χ0) is 7.03. The van der Waals surface area contributed by atoms with Gasteiger partial charge in [0.25, 0.3) is 0 Å². The second kappa shape index (κ2) is 2.09. The van der Waals surface area contributed by atoms with Gasteiger partial charge in [-0.2, -0.15) is 0 Å². The van der Waals surface area contributed by atoms with Crippen LogP contribution in [0.15, 0.2) is 12.2 Å². The Balaban J connectivity index is 1.88. The van der Waals surface area contributed by atoms with Crippen LogP contribution in [-0.4, -0.2) is 5.54 Å². The molecule has 0 atom stereocenters. The molecule has 56 valence electrons. The lowest BCUT2D eigenvalue weighted by Crippen LogP contribution is -2.37. The fourth-order valence-corrected chi connectivity index (χ4v) is 1.78. The Morgan fingerprint density at radius 3 is 2.40 bits per heavy atom. The van der Waals surface area contributed by atoms with E-state index < -0.39 is 0 Å². The molecule has 0 spiro atoms. The Bertz CT molecular complexity index is 148. The molecule has 1 fully saturated rings. The van der Waals surface area contributed by atoms with Gasteiger partial charge in [0.2, 0.25) is 0 Å². The Morgan fingerprint density at radius 1 is 1.30 bits per heavy atom. The predicted molar refractivity (Wildman–Crippen MR) is 42.6 cm³/mol. The molecule has 0 bridgehead atoms. The summed E-state index contributed by atoms with van der Waals surface area (Å²) in [5.41, 5.74) is 6.31. The summed E-state index contributed by atoms with van der Waals surface area (Å²) < 4.78 is 0. The summed E-state index contributed by atoms with van der Waals surface area (Å²) in [6.45, 7) is 0. The van der Waals surface area contributed by atoms with Gasteiger partial charge >= 0.3 is 0 Å². The van der Waals surface area contributed by atoms with Gasteiger partial charge in [-0.1, -0.05) is 25.0 Å². The Kier molecular flexibility index (Phi) is 1.34. The first-order valence-electron chi connectivity index (χ1n) is 4.22. The third-order valence-electron chi connectivity index (χ3n) is 2.61. The van der Waals surface area contributed by atoms with Crippen LogP contribution in [0.5, 0.6) is 0 Å². The number of rotatable bonds is 2. The van der Waals surface area contributed by atoms with Crippen LogP contribution in [0.25, 0.3) is 0 Å². The molecule has 1 nitrogen and oxygen atoms in total. The van der Waals surface area contributed by atoms with Gasteiger partial charge in [0, 0.05) is 5.54 Å². The molecule has 2 N–H and O–H groups in total. The molecular formula is C9H15N. The van der Waals surface area contributed by atoms with E-state index in [1.165, 1.54) is 19.3 Å².